The van der Waals surface area contributed by atoms with Gasteiger partial charge in [-0.25, -0.2) is 24.0 Å². The van der Waals surface area contributed by atoms with Crippen LogP contribution in [0.4, 0.5) is 4.79 Å². The molecule has 0 bridgehead atoms. The number of esters is 3. The highest BCUT2D eigenvalue weighted by Crippen LogP contribution is 2.11. The summed E-state index contributed by atoms with van der Waals surface area (Å²) < 4.78 is 19.6. The molecule has 0 saturated carbocycles. The van der Waals surface area contributed by atoms with Gasteiger partial charge in [0.05, 0.1) is 19.8 Å². The molecule has 15 heteroatoms. The van der Waals surface area contributed by atoms with Gasteiger partial charge in [-0.3, -0.25) is 14.5 Å². The highest BCUT2D eigenvalue weighted by atomic mass is 16.7. The molecule has 0 radical (unpaired) electrons. The van der Waals surface area contributed by atoms with E-state index >= 15 is 0 Å². The number of hydrogen-bond acceptors (Lipinski definition) is 12. The molecule has 39 heavy (non-hydrogen) atoms. The van der Waals surface area contributed by atoms with Crippen LogP contribution in [0.2, 0.25) is 0 Å². The van der Waals surface area contributed by atoms with E-state index in [4.69, 9.17) is 23.8 Å². The molecule has 0 aromatic carbocycles. The highest BCUT2D eigenvalue weighted by molar-refractivity contribution is 6.03. The molecule has 0 unspecified atom stereocenters. The lowest BCUT2D eigenvalue weighted by Crippen LogP contribution is -2.53. The van der Waals surface area contributed by atoms with Crippen molar-refractivity contribution in [2.45, 2.75) is 73.0 Å². The second-order valence-electron chi connectivity index (χ2n) is 8.79. The Balaban J connectivity index is 5.94. The first-order valence-electron chi connectivity index (χ1n) is 12.5. The zero-order valence-electron chi connectivity index (χ0n) is 23.5. The van der Waals surface area contributed by atoms with Crippen LogP contribution in [0.1, 0.15) is 61.3 Å². The summed E-state index contributed by atoms with van der Waals surface area (Å²) in [5.41, 5.74) is -1.04. The molecule has 222 valence electrons. The third-order valence-corrected chi connectivity index (χ3v) is 4.18. The minimum Gasteiger partial charge on any atom is -0.465 e. The normalized spacial score (nSPS) is 10.7. The van der Waals surface area contributed by atoms with Crippen LogP contribution in [-0.4, -0.2) is 103 Å². The molecular formula is C24H39N3O12. The second kappa shape index (κ2) is 17.6. The van der Waals surface area contributed by atoms with Gasteiger partial charge in [-0.1, -0.05) is 6.92 Å². The Bertz CT molecular complexity index is 846. The first kappa shape index (κ1) is 35.1. The molecule has 0 aliphatic rings. The van der Waals surface area contributed by atoms with Crippen LogP contribution in [0.5, 0.6) is 0 Å². The summed E-state index contributed by atoms with van der Waals surface area (Å²) in [6.45, 7) is 8.15. The SMILES string of the molecule is CCCC(=O)ON(CC(=O)OCC)C(=O)CN(CC(=O)NC(C(=O)OCC)C(=O)OCC)C(=O)OC(C)(C)C. The number of hydroxylamine groups is 2. The molecule has 0 saturated heterocycles. The van der Waals surface area contributed by atoms with E-state index in [1.54, 1.807) is 27.7 Å². The minimum absolute atomic E-state index is 0.00390. The Morgan fingerprint density at radius 3 is 1.74 bits per heavy atom. The van der Waals surface area contributed by atoms with Crippen molar-refractivity contribution in [3.05, 3.63) is 0 Å². The molecule has 3 amide bonds. The fourth-order valence-electron chi connectivity index (χ4n) is 2.67. The van der Waals surface area contributed by atoms with E-state index in [0.29, 0.717) is 16.4 Å². The van der Waals surface area contributed by atoms with Crippen LogP contribution in [0.15, 0.2) is 0 Å². The fourth-order valence-corrected chi connectivity index (χ4v) is 2.67. The molecule has 0 heterocycles. The van der Waals surface area contributed by atoms with Gasteiger partial charge in [-0.05, 0) is 48.0 Å². The maximum atomic E-state index is 13.0. The van der Waals surface area contributed by atoms with Gasteiger partial charge >= 0.3 is 30.0 Å². The first-order valence-corrected chi connectivity index (χ1v) is 12.5. The Morgan fingerprint density at radius 2 is 1.28 bits per heavy atom. The van der Waals surface area contributed by atoms with Gasteiger partial charge < -0.3 is 29.1 Å². The summed E-state index contributed by atoms with van der Waals surface area (Å²) in [6.07, 6.45) is -0.786. The third kappa shape index (κ3) is 14.6. The molecule has 0 fully saturated rings. The van der Waals surface area contributed by atoms with Crippen LogP contribution < -0.4 is 5.32 Å². The van der Waals surface area contributed by atoms with E-state index in [2.05, 4.69) is 5.32 Å². The molecular weight excluding hydrogens is 522 g/mol. The fraction of sp³-hybridized carbons (Fsp3) is 0.708. The van der Waals surface area contributed by atoms with Crippen molar-refractivity contribution in [3.8, 4) is 0 Å². The zero-order valence-corrected chi connectivity index (χ0v) is 23.5. The zero-order chi connectivity index (χ0) is 30.2. The Kier molecular flexibility index (Phi) is 15.8. The van der Waals surface area contributed by atoms with Crippen molar-refractivity contribution in [2.24, 2.45) is 0 Å². The predicted molar refractivity (Wildman–Crippen MR) is 132 cm³/mol. The van der Waals surface area contributed by atoms with E-state index in [-0.39, 0.29) is 26.2 Å². The van der Waals surface area contributed by atoms with Crippen LogP contribution >= 0.6 is 0 Å². The Hall–Kier alpha value is -3.91. The first-order chi connectivity index (χ1) is 18.2. The Labute approximate surface area is 227 Å². The van der Waals surface area contributed by atoms with Crippen LogP contribution in [-0.2, 0) is 52.6 Å². The van der Waals surface area contributed by atoms with Crippen LogP contribution in [0, 0.1) is 0 Å². The summed E-state index contributed by atoms with van der Waals surface area (Å²) in [7, 11) is 0. The summed E-state index contributed by atoms with van der Waals surface area (Å²) in [4.78, 5) is 92.6. The maximum absolute atomic E-state index is 13.0. The monoisotopic (exact) mass is 561 g/mol. The molecule has 0 aliphatic heterocycles. The third-order valence-electron chi connectivity index (χ3n) is 4.18. The molecule has 0 rings (SSSR count). The number of carbonyl (C=O) groups excluding carboxylic acids is 7. The average molecular weight is 562 g/mol. The van der Waals surface area contributed by atoms with E-state index in [0.717, 1.165) is 0 Å². The number of nitrogens with zero attached hydrogens (tertiary/aromatic N) is 2. The number of hydrogen-bond donors (Lipinski definition) is 1. The maximum Gasteiger partial charge on any atom is 0.411 e. The van der Waals surface area contributed by atoms with E-state index < -0.39 is 73.1 Å². The summed E-state index contributed by atoms with van der Waals surface area (Å²) >= 11 is 0. The molecule has 15 nitrogen and oxygen atoms in total. The van der Waals surface area contributed by atoms with E-state index in [1.165, 1.54) is 20.8 Å². The molecule has 0 aromatic heterocycles. The standard InChI is InChI=1S/C24H39N3O12/c1-8-12-18(30)39-27(15-19(31)35-9-2)17(29)14-26(23(34)38-24(5,6)7)13-16(28)25-20(21(32)36-10-3)22(33)37-11-4/h20H,8-15H2,1-7H3,(H,25,28). The largest absolute Gasteiger partial charge is 0.465 e. The number of ether oxygens (including phenoxy) is 4. The van der Waals surface area contributed by atoms with Crippen molar-refractivity contribution >= 4 is 41.8 Å². The highest BCUT2D eigenvalue weighted by Gasteiger charge is 2.34. The summed E-state index contributed by atoms with van der Waals surface area (Å²) in [6, 6.07) is -1.83. The lowest BCUT2D eigenvalue weighted by atomic mass is 10.2. The van der Waals surface area contributed by atoms with Crippen molar-refractivity contribution in [2.75, 3.05) is 39.5 Å². The topological polar surface area (TPSA) is 184 Å². The Morgan fingerprint density at radius 1 is 0.744 bits per heavy atom. The quantitative estimate of drug-likeness (QED) is 0.134. The van der Waals surface area contributed by atoms with Gasteiger partial charge in [0.1, 0.15) is 18.7 Å². The smallest absolute Gasteiger partial charge is 0.411 e. The number of amides is 3. The van der Waals surface area contributed by atoms with Gasteiger partial charge in [0.25, 0.3) is 5.91 Å². The summed E-state index contributed by atoms with van der Waals surface area (Å²) in [5, 5.41) is 2.53. The van der Waals surface area contributed by atoms with Gasteiger partial charge in [-0.2, -0.15) is 5.06 Å². The molecule has 0 spiro atoms. The lowest BCUT2D eigenvalue weighted by molar-refractivity contribution is -0.202. The molecule has 0 aliphatic carbocycles. The summed E-state index contributed by atoms with van der Waals surface area (Å²) in [5.74, 6) is -5.98. The van der Waals surface area contributed by atoms with E-state index in [1.807, 2.05) is 0 Å². The lowest BCUT2D eigenvalue weighted by Gasteiger charge is -2.28. The predicted octanol–water partition coefficient (Wildman–Crippen LogP) is 0.485. The minimum atomic E-state index is -1.83. The van der Waals surface area contributed by atoms with Gasteiger partial charge in [0, 0.05) is 6.42 Å². The van der Waals surface area contributed by atoms with Crippen molar-refractivity contribution in [3.63, 3.8) is 0 Å². The van der Waals surface area contributed by atoms with Crippen LogP contribution in [0.25, 0.3) is 0 Å². The second-order valence-corrected chi connectivity index (χ2v) is 8.79. The molecule has 0 atom stereocenters. The average Bonchev–Trinajstić information content (AvgIpc) is 2.81. The van der Waals surface area contributed by atoms with Gasteiger partial charge in [-0.15, -0.1) is 0 Å². The number of carbonyl (C=O) groups is 7. The van der Waals surface area contributed by atoms with Crippen molar-refractivity contribution < 1.29 is 57.3 Å². The van der Waals surface area contributed by atoms with Gasteiger partial charge in [0.2, 0.25) is 11.9 Å². The van der Waals surface area contributed by atoms with Crippen LogP contribution in [0.3, 0.4) is 0 Å². The van der Waals surface area contributed by atoms with Crippen molar-refractivity contribution in [1.82, 2.24) is 15.3 Å². The number of rotatable bonds is 14. The van der Waals surface area contributed by atoms with Crippen molar-refractivity contribution in [1.29, 1.82) is 0 Å². The molecule has 1 N–H and O–H groups in total. The number of nitrogens with one attached hydrogen (secondary N) is 1. The molecule has 0 aromatic rings. The van der Waals surface area contributed by atoms with Gasteiger partial charge in [0.15, 0.2) is 6.54 Å². The van der Waals surface area contributed by atoms with E-state index in [9.17, 15) is 33.6 Å².